The minimum Gasteiger partial charge on any atom is -0.480 e. The molecule has 86 valence electrons. The van der Waals surface area contributed by atoms with E-state index in [1.165, 1.54) is 19.3 Å². The molecular weight excluding hydrogens is 214 g/mol. The fourth-order valence-corrected chi connectivity index (χ4v) is 3.94. The van der Waals surface area contributed by atoms with Crippen LogP contribution in [0, 0.1) is 17.8 Å². The molecule has 1 heterocycles. The molecule has 2 bridgehead atoms. The molecule has 4 heteroatoms. The Morgan fingerprint density at radius 1 is 1.40 bits per heavy atom. The van der Waals surface area contributed by atoms with E-state index in [9.17, 15) is 4.79 Å². The maximum absolute atomic E-state index is 10.9. The van der Waals surface area contributed by atoms with Crippen molar-refractivity contribution in [1.82, 2.24) is 4.90 Å². The standard InChI is InChI=1S/C11H17NO2.ClH/c1-6(11(13)14)12-5-9-7-2-3-8(4-7)10(9)12;/h6-10H,2-5H2,1H3,(H,13,14);1H. The van der Waals surface area contributed by atoms with Gasteiger partial charge in [-0.2, -0.15) is 0 Å². The van der Waals surface area contributed by atoms with Crippen molar-refractivity contribution < 1.29 is 9.90 Å². The molecular formula is C11H18ClNO2. The highest BCUT2D eigenvalue weighted by Crippen LogP contribution is 2.55. The van der Waals surface area contributed by atoms with E-state index < -0.39 is 5.97 Å². The van der Waals surface area contributed by atoms with Crippen molar-refractivity contribution in [2.45, 2.75) is 38.3 Å². The van der Waals surface area contributed by atoms with E-state index in [4.69, 9.17) is 5.11 Å². The molecule has 3 fully saturated rings. The van der Waals surface area contributed by atoms with E-state index >= 15 is 0 Å². The van der Waals surface area contributed by atoms with Crippen molar-refractivity contribution in [3.8, 4) is 0 Å². The molecule has 5 atom stereocenters. The van der Waals surface area contributed by atoms with Crippen LogP contribution >= 0.6 is 12.4 Å². The third-order valence-corrected chi connectivity index (χ3v) is 4.70. The summed E-state index contributed by atoms with van der Waals surface area (Å²) in [6.45, 7) is 2.86. The van der Waals surface area contributed by atoms with Gasteiger partial charge in [-0.15, -0.1) is 12.4 Å². The lowest BCUT2D eigenvalue weighted by molar-refractivity contribution is -0.150. The summed E-state index contributed by atoms with van der Waals surface area (Å²) in [5.41, 5.74) is 0. The van der Waals surface area contributed by atoms with Gasteiger partial charge in [-0.3, -0.25) is 9.69 Å². The van der Waals surface area contributed by atoms with Crippen LogP contribution in [0.2, 0.25) is 0 Å². The molecule has 0 aromatic rings. The molecule has 3 nitrogen and oxygen atoms in total. The number of carbonyl (C=O) groups is 1. The second kappa shape index (κ2) is 3.63. The van der Waals surface area contributed by atoms with Crippen LogP contribution in [0.5, 0.6) is 0 Å². The van der Waals surface area contributed by atoms with Crippen LogP contribution in [0.4, 0.5) is 0 Å². The number of halogens is 1. The van der Waals surface area contributed by atoms with Gasteiger partial charge in [-0.05, 0) is 43.9 Å². The van der Waals surface area contributed by atoms with Crippen molar-refractivity contribution >= 4 is 18.4 Å². The van der Waals surface area contributed by atoms with Gasteiger partial charge >= 0.3 is 5.97 Å². The van der Waals surface area contributed by atoms with Crippen molar-refractivity contribution in [2.75, 3.05) is 6.54 Å². The van der Waals surface area contributed by atoms with Gasteiger partial charge in [0.2, 0.25) is 0 Å². The van der Waals surface area contributed by atoms with Gasteiger partial charge in [0.1, 0.15) is 6.04 Å². The lowest BCUT2D eigenvalue weighted by Gasteiger charge is -2.52. The summed E-state index contributed by atoms with van der Waals surface area (Å²) in [5.74, 6) is 1.93. The van der Waals surface area contributed by atoms with E-state index in [1.54, 1.807) is 0 Å². The second-order valence-corrected chi connectivity index (χ2v) is 5.20. The molecule has 3 aliphatic rings. The van der Waals surface area contributed by atoms with Crippen LogP contribution in [0.3, 0.4) is 0 Å². The highest BCUT2D eigenvalue weighted by atomic mass is 35.5. The topological polar surface area (TPSA) is 40.5 Å². The van der Waals surface area contributed by atoms with Crippen LogP contribution in [0.15, 0.2) is 0 Å². The average Bonchev–Trinajstić information content (AvgIpc) is 2.59. The summed E-state index contributed by atoms with van der Waals surface area (Å²) in [6.07, 6.45) is 4.12. The first-order valence-corrected chi connectivity index (χ1v) is 5.67. The van der Waals surface area contributed by atoms with E-state index in [-0.39, 0.29) is 18.4 Å². The number of carboxylic acid groups (broad SMARTS) is 1. The van der Waals surface area contributed by atoms with Crippen molar-refractivity contribution in [3.63, 3.8) is 0 Å². The fraction of sp³-hybridized carbons (Fsp3) is 0.909. The Morgan fingerprint density at radius 3 is 2.67 bits per heavy atom. The largest absolute Gasteiger partial charge is 0.480 e. The van der Waals surface area contributed by atoms with Gasteiger partial charge in [0.15, 0.2) is 0 Å². The first-order chi connectivity index (χ1) is 6.68. The SMILES string of the molecule is CC(C(=O)O)N1CC2C3CCC(C3)C21.Cl. The summed E-state index contributed by atoms with van der Waals surface area (Å²) in [5, 5.41) is 8.97. The first-order valence-electron chi connectivity index (χ1n) is 5.67. The van der Waals surface area contributed by atoms with Gasteiger partial charge in [0.25, 0.3) is 0 Å². The maximum Gasteiger partial charge on any atom is 0.320 e. The van der Waals surface area contributed by atoms with Crippen LogP contribution < -0.4 is 0 Å². The van der Waals surface area contributed by atoms with Crippen molar-refractivity contribution in [1.29, 1.82) is 0 Å². The van der Waals surface area contributed by atoms with E-state index in [0.717, 1.165) is 24.3 Å². The van der Waals surface area contributed by atoms with Crippen molar-refractivity contribution in [2.24, 2.45) is 17.8 Å². The molecule has 2 aliphatic carbocycles. The molecule has 0 amide bonds. The first kappa shape index (κ1) is 11.2. The number of hydrogen-bond donors (Lipinski definition) is 1. The Morgan fingerprint density at radius 2 is 2.07 bits per heavy atom. The average molecular weight is 232 g/mol. The monoisotopic (exact) mass is 231 g/mol. The maximum atomic E-state index is 10.9. The van der Waals surface area contributed by atoms with Crippen molar-refractivity contribution in [3.05, 3.63) is 0 Å². The third-order valence-electron chi connectivity index (χ3n) is 4.70. The highest BCUT2D eigenvalue weighted by molar-refractivity contribution is 5.85. The summed E-state index contributed by atoms with van der Waals surface area (Å²) < 4.78 is 0. The third kappa shape index (κ3) is 1.40. The lowest BCUT2D eigenvalue weighted by Crippen LogP contribution is -2.63. The zero-order valence-electron chi connectivity index (χ0n) is 8.93. The smallest absolute Gasteiger partial charge is 0.320 e. The van der Waals surface area contributed by atoms with E-state index in [1.807, 2.05) is 6.92 Å². The minimum absolute atomic E-state index is 0. The Kier molecular flexibility index (Phi) is 2.72. The Labute approximate surface area is 96.2 Å². The van der Waals surface area contributed by atoms with Crippen LogP contribution in [0.25, 0.3) is 0 Å². The molecule has 0 aromatic heterocycles. The fourth-order valence-electron chi connectivity index (χ4n) is 3.94. The Hall–Kier alpha value is -0.280. The number of likely N-dealkylation sites (tertiary alicyclic amines) is 1. The van der Waals surface area contributed by atoms with Crippen LogP contribution in [-0.4, -0.2) is 34.6 Å². The second-order valence-electron chi connectivity index (χ2n) is 5.20. The number of fused-ring (bicyclic) bond motifs is 5. The lowest BCUT2D eigenvalue weighted by atomic mass is 9.76. The van der Waals surface area contributed by atoms with Gasteiger partial charge in [0, 0.05) is 12.6 Å². The van der Waals surface area contributed by atoms with Crippen LogP contribution in [0.1, 0.15) is 26.2 Å². The molecule has 0 radical (unpaired) electrons. The minimum atomic E-state index is -0.661. The number of aliphatic carboxylic acids is 1. The predicted octanol–water partition coefficient (Wildman–Crippen LogP) is 1.61. The number of carboxylic acids is 1. The van der Waals surface area contributed by atoms with Gasteiger partial charge < -0.3 is 5.11 Å². The van der Waals surface area contributed by atoms with E-state index in [0.29, 0.717) is 6.04 Å². The highest BCUT2D eigenvalue weighted by Gasteiger charge is 2.57. The molecule has 1 N–H and O–H groups in total. The van der Waals surface area contributed by atoms with Crippen LogP contribution in [-0.2, 0) is 4.79 Å². The molecule has 1 saturated heterocycles. The van der Waals surface area contributed by atoms with Gasteiger partial charge in [-0.25, -0.2) is 0 Å². The quantitative estimate of drug-likeness (QED) is 0.785. The number of nitrogens with zero attached hydrogens (tertiary/aromatic N) is 1. The molecule has 1 aliphatic heterocycles. The van der Waals surface area contributed by atoms with Gasteiger partial charge in [-0.1, -0.05) is 0 Å². The predicted molar refractivity (Wildman–Crippen MR) is 59.2 cm³/mol. The molecule has 5 unspecified atom stereocenters. The Bertz CT molecular complexity index is 282. The molecule has 2 saturated carbocycles. The molecule has 0 spiro atoms. The zero-order chi connectivity index (χ0) is 9.87. The molecule has 15 heavy (non-hydrogen) atoms. The zero-order valence-corrected chi connectivity index (χ0v) is 9.74. The Balaban J connectivity index is 0.000000853. The molecule has 0 aromatic carbocycles. The summed E-state index contributed by atoms with van der Waals surface area (Å²) in [7, 11) is 0. The number of hydrogen-bond acceptors (Lipinski definition) is 2. The summed E-state index contributed by atoms with van der Waals surface area (Å²) >= 11 is 0. The van der Waals surface area contributed by atoms with E-state index in [2.05, 4.69) is 4.90 Å². The summed E-state index contributed by atoms with van der Waals surface area (Å²) in [4.78, 5) is 13.1. The number of rotatable bonds is 2. The molecule has 3 rings (SSSR count). The summed E-state index contributed by atoms with van der Waals surface area (Å²) in [6, 6.07) is 0.357. The van der Waals surface area contributed by atoms with Gasteiger partial charge in [0.05, 0.1) is 0 Å². The normalized spacial score (nSPS) is 44.1.